The van der Waals surface area contributed by atoms with E-state index in [-0.39, 0.29) is 11.0 Å². The Hall–Kier alpha value is -1.81. The number of furan rings is 1. The van der Waals surface area contributed by atoms with Gasteiger partial charge in [-0.15, -0.1) is 0 Å². The Kier molecular flexibility index (Phi) is 4.14. The molecule has 1 aromatic heterocycles. The first-order chi connectivity index (χ1) is 9.38. The maximum absolute atomic E-state index is 11.4. The number of para-hydroxylation sites is 1. The zero-order valence-electron chi connectivity index (χ0n) is 12.2. The summed E-state index contributed by atoms with van der Waals surface area (Å²) in [5.41, 5.74) is 1.15. The average Bonchev–Trinajstić information content (AvgIpc) is 2.71. The number of benzene rings is 1. The molecule has 1 heterocycles. The van der Waals surface area contributed by atoms with E-state index in [1.54, 1.807) is 12.1 Å². The Morgan fingerprint density at radius 1 is 1.30 bits per heavy atom. The van der Waals surface area contributed by atoms with Crippen LogP contribution < -0.4 is 5.32 Å². The van der Waals surface area contributed by atoms with Gasteiger partial charge in [0.2, 0.25) is 0 Å². The lowest BCUT2D eigenvalue weighted by Crippen LogP contribution is -2.20. The first-order valence-corrected chi connectivity index (χ1v) is 6.83. The highest BCUT2D eigenvalue weighted by atomic mass is 16.4. The summed E-state index contributed by atoms with van der Waals surface area (Å²) < 4.78 is 5.65. The van der Waals surface area contributed by atoms with E-state index >= 15 is 0 Å². The van der Waals surface area contributed by atoms with Crippen LogP contribution in [0.3, 0.4) is 0 Å². The average molecular weight is 275 g/mol. The van der Waals surface area contributed by atoms with Crippen molar-refractivity contribution in [3.05, 3.63) is 35.6 Å². The Labute approximate surface area is 118 Å². The lowest BCUT2D eigenvalue weighted by molar-refractivity contribution is 0.0696. The van der Waals surface area contributed by atoms with E-state index in [4.69, 9.17) is 4.42 Å². The second-order valence-corrected chi connectivity index (χ2v) is 6.19. The number of fused-ring (bicyclic) bond motifs is 1. The lowest BCUT2D eigenvalue weighted by Gasteiger charge is -2.17. The molecule has 0 atom stereocenters. The number of nitrogens with one attached hydrogen (secondary N) is 1. The first-order valence-electron chi connectivity index (χ1n) is 6.83. The van der Waals surface area contributed by atoms with E-state index in [0.717, 1.165) is 13.0 Å². The van der Waals surface area contributed by atoms with Crippen LogP contribution in [0, 0.1) is 5.41 Å². The van der Waals surface area contributed by atoms with Gasteiger partial charge in [0.05, 0.1) is 6.54 Å². The van der Waals surface area contributed by atoms with Gasteiger partial charge in [-0.1, -0.05) is 39.0 Å². The minimum Gasteiger partial charge on any atom is -0.478 e. The van der Waals surface area contributed by atoms with Crippen LogP contribution >= 0.6 is 0 Å². The fourth-order valence-corrected chi connectivity index (χ4v) is 2.12. The number of carbonyl (C=O) groups is 1. The van der Waals surface area contributed by atoms with E-state index in [1.165, 1.54) is 0 Å². The molecule has 0 spiro atoms. The van der Waals surface area contributed by atoms with Gasteiger partial charge in [0.15, 0.2) is 0 Å². The zero-order chi connectivity index (χ0) is 14.8. The quantitative estimate of drug-likeness (QED) is 0.817. The highest BCUT2D eigenvalue weighted by molar-refractivity contribution is 6.03. The second-order valence-electron chi connectivity index (χ2n) is 6.19. The summed E-state index contributed by atoms with van der Waals surface area (Å²) >= 11 is 0. The molecule has 0 saturated heterocycles. The Bertz CT molecular complexity index is 608. The molecule has 0 aliphatic heterocycles. The Morgan fingerprint density at radius 2 is 2.00 bits per heavy atom. The van der Waals surface area contributed by atoms with Gasteiger partial charge in [-0.3, -0.25) is 0 Å². The summed E-state index contributed by atoms with van der Waals surface area (Å²) in [7, 11) is 0. The molecule has 0 amide bonds. The first kappa shape index (κ1) is 14.6. The van der Waals surface area contributed by atoms with Crippen molar-refractivity contribution < 1.29 is 14.3 Å². The highest BCUT2D eigenvalue weighted by Gasteiger charge is 2.19. The van der Waals surface area contributed by atoms with Gasteiger partial charge >= 0.3 is 5.97 Å². The molecule has 0 unspecified atom stereocenters. The van der Waals surface area contributed by atoms with E-state index < -0.39 is 5.97 Å². The summed E-state index contributed by atoms with van der Waals surface area (Å²) in [5, 5.41) is 13.3. The van der Waals surface area contributed by atoms with Crippen LogP contribution in [0.2, 0.25) is 0 Å². The minimum atomic E-state index is -0.942. The summed E-state index contributed by atoms with van der Waals surface area (Å²) in [6.45, 7) is 7.81. The van der Waals surface area contributed by atoms with Crippen molar-refractivity contribution in [1.82, 2.24) is 5.32 Å². The van der Waals surface area contributed by atoms with Crippen LogP contribution in [0.5, 0.6) is 0 Å². The molecule has 0 aliphatic rings. The van der Waals surface area contributed by atoms with E-state index in [1.807, 2.05) is 12.1 Å². The van der Waals surface area contributed by atoms with Crippen molar-refractivity contribution in [3.63, 3.8) is 0 Å². The predicted octanol–water partition coefficient (Wildman–Crippen LogP) is 3.66. The van der Waals surface area contributed by atoms with E-state index in [2.05, 4.69) is 26.1 Å². The van der Waals surface area contributed by atoms with Gasteiger partial charge in [-0.25, -0.2) is 4.79 Å². The van der Waals surface area contributed by atoms with Crippen LogP contribution in [0.25, 0.3) is 11.0 Å². The lowest BCUT2D eigenvalue weighted by atomic mass is 9.92. The van der Waals surface area contributed by atoms with Gasteiger partial charge in [0.1, 0.15) is 16.9 Å². The number of rotatable bonds is 5. The molecule has 4 nitrogen and oxygen atoms in total. The SMILES string of the molecule is CC(C)(C)CCNCc1oc2ccccc2c1C(=O)O. The molecule has 0 radical (unpaired) electrons. The summed E-state index contributed by atoms with van der Waals surface area (Å²) in [6, 6.07) is 7.23. The fourth-order valence-electron chi connectivity index (χ4n) is 2.12. The monoisotopic (exact) mass is 275 g/mol. The molecular formula is C16H21NO3. The molecule has 2 N–H and O–H groups in total. The van der Waals surface area contributed by atoms with Crippen LogP contribution in [0.4, 0.5) is 0 Å². The zero-order valence-corrected chi connectivity index (χ0v) is 12.2. The van der Waals surface area contributed by atoms with Crippen LogP contribution in [-0.4, -0.2) is 17.6 Å². The predicted molar refractivity (Wildman–Crippen MR) is 79.0 cm³/mol. The molecule has 2 aromatic rings. The fraction of sp³-hybridized carbons (Fsp3) is 0.438. The third-order valence-electron chi connectivity index (χ3n) is 3.22. The van der Waals surface area contributed by atoms with Gasteiger partial charge in [-0.05, 0) is 24.4 Å². The maximum atomic E-state index is 11.4. The minimum absolute atomic E-state index is 0.260. The molecular weight excluding hydrogens is 254 g/mol. The molecule has 0 fully saturated rings. The smallest absolute Gasteiger partial charge is 0.339 e. The van der Waals surface area contributed by atoms with E-state index in [9.17, 15) is 9.90 Å². The summed E-state index contributed by atoms with van der Waals surface area (Å²) in [5.74, 6) is -0.449. The topological polar surface area (TPSA) is 62.5 Å². The molecule has 20 heavy (non-hydrogen) atoms. The highest BCUT2D eigenvalue weighted by Crippen LogP contribution is 2.26. The standard InChI is InChI=1S/C16H21NO3/c1-16(2,3)8-9-17-10-13-14(15(18)19)11-6-4-5-7-12(11)20-13/h4-7,17H,8-10H2,1-3H3,(H,18,19). The third-order valence-corrected chi connectivity index (χ3v) is 3.22. The molecule has 108 valence electrons. The van der Waals surface area contributed by atoms with Crippen molar-refractivity contribution in [2.24, 2.45) is 5.41 Å². The number of aromatic carboxylic acids is 1. The van der Waals surface area contributed by atoms with Crippen LogP contribution in [0.15, 0.2) is 28.7 Å². The van der Waals surface area contributed by atoms with Gasteiger partial charge in [0, 0.05) is 5.39 Å². The van der Waals surface area contributed by atoms with E-state index in [0.29, 0.717) is 23.3 Å². The van der Waals surface area contributed by atoms with Gasteiger partial charge in [-0.2, -0.15) is 0 Å². The molecule has 1 aromatic carbocycles. The summed E-state index contributed by atoms with van der Waals surface area (Å²) in [4.78, 5) is 11.4. The Morgan fingerprint density at radius 3 is 2.65 bits per heavy atom. The normalized spacial score (nSPS) is 11.9. The van der Waals surface area contributed by atoms with Crippen molar-refractivity contribution in [2.45, 2.75) is 33.7 Å². The molecule has 2 rings (SSSR count). The van der Waals surface area contributed by atoms with Crippen LogP contribution in [-0.2, 0) is 6.54 Å². The van der Waals surface area contributed by atoms with Gasteiger partial charge in [0.25, 0.3) is 0 Å². The molecule has 0 saturated carbocycles. The number of carboxylic acids is 1. The maximum Gasteiger partial charge on any atom is 0.339 e. The number of carboxylic acid groups (broad SMARTS) is 1. The number of hydrogen-bond donors (Lipinski definition) is 2. The number of hydrogen-bond acceptors (Lipinski definition) is 3. The van der Waals surface area contributed by atoms with Crippen molar-refractivity contribution in [3.8, 4) is 0 Å². The summed E-state index contributed by atoms with van der Waals surface area (Å²) in [6.07, 6.45) is 1.02. The molecule has 0 bridgehead atoms. The third kappa shape index (κ3) is 3.39. The second kappa shape index (κ2) is 5.67. The van der Waals surface area contributed by atoms with Crippen molar-refractivity contribution in [1.29, 1.82) is 0 Å². The van der Waals surface area contributed by atoms with Crippen LogP contribution in [0.1, 0.15) is 43.3 Å². The Balaban J connectivity index is 2.13. The van der Waals surface area contributed by atoms with Gasteiger partial charge < -0.3 is 14.8 Å². The van der Waals surface area contributed by atoms with Crippen molar-refractivity contribution >= 4 is 16.9 Å². The molecule has 4 heteroatoms. The largest absolute Gasteiger partial charge is 0.478 e. The molecule has 0 aliphatic carbocycles. The van der Waals surface area contributed by atoms with Crippen molar-refractivity contribution in [2.75, 3.05) is 6.54 Å².